The maximum Gasteiger partial charge on any atom is 0.407 e. The number of carbonyl (C=O) groups excluding carboxylic acids is 1. The molecular weight excluding hydrogens is 271 g/mol. The molecule has 108 valence electrons. The van der Waals surface area contributed by atoms with Crippen molar-refractivity contribution >= 4 is 12.2 Å². The first-order chi connectivity index (χ1) is 10.2. The van der Waals surface area contributed by atoms with Crippen LogP contribution in [-0.2, 0) is 11.3 Å². The SMILES string of the molecule is O=C(NCC=Cc1cc(F)ccn1)OCc1ccccc1. The van der Waals surface area contributed by atoms with Crippen LogP contribution in [0.4, 0.5) is 9.18 Å². The average Bonchev–Trinajstić information content (AvgIpc) is 2.51. The number of halogens is 1. The number of benzene rings is 1. The second kappa shape index (κ2) is 7.79. The first-order valence-corrected chi connectivity index (χ1v) is 6.47. The lowest BCUT2D eigenvalue weighted by molar-refractivity contribution is 0.141. The third-order valence-corrected chi connectivity index (χ3v) is 2.61. The molecule has 0 unspecified atom stereocenters. The highest BCUT2D eigenvalue weighted by Crippen LogP contribution is 2.02. The van der Waals surface area contributed by atoms with E-state index in [9.17, 15) is 9.18 Å². The van der Waals surface area contributed by atoms with Crippen LogP contribution in [0.5, 0.6) is 0 Å². The van der Waals surface area contributed by atoms with Gasteiger partial charge < -0.3 is 10.1 Å². The minimum absolute atomic E-state index is 0.224. The number of ether oxygens (including phenoxy) is 1. The number of amides is 1. The average molecular weight is 286 g/mol. The van der Waals surface area contributed by atoms with Gasteiger partial charge in [-0.1, -0.05) is 36.4 Å². The van der Waals surface area contributed by atoms with Crippen LogP contribution in [0.1, 0.15) is 11.3 Å². The van der Waals surface area contributed by atoms with Crippen LogP contribution < -0.4 is 5.32 Å². The largest absolute Gasteiger partial charge is 0.445 e. The zero-order chi connectivity index (χ0) is 14.9. The normalized spacial score (nSPS) is 10.5. The van der Waals surface area contributed by atoms with Crippen LogP contribution in [0.15, 0.2) is 54.7 Å². The van der Waals surface area contributed by atoms with Gasteiger partial charge in [0, 0.05) is 12.7 Å². The Kier molecular flexibility index (Phi) is 5.46. The Morgan fingerprint density at radius 3 is 2.86 bits per heavy atom. The zero-order valence-corrected chi connectivity index (χ0v) is 11.3. The van der Waals surface area contributed by atoms with E-state index in [0.717, 1.165) is 5.56 Å². The molecule has 0 saturated heterocycles. The Morgan fingerprint density at radius 2 is 2.10 bits per heavy atom. The van der Waals surface area contributed by atoms with Gasteiger partial charge in [-0.25, -0.2) is 9.18 Å². The summed E-state index contributed by atoms with van der Waals surface area (Å²) in [6, 6.07) is 12.0. The molecule has 1 N–H and O–H groups in total. The Balaban J connectivity index is 1.69. The summed E-state index contributed by atoms with van der Waals surface area (Å²) < 4.78 is 17.9. The van der Waals surface area contributed by atoms with Crippen molar-refractivity contribution in [3.05, 3.63) is 71.8 Å². The lowest BCUT2D eigenvalue weighted by atomic mass is 10.2. The van der Waals surface area contributed by atoms with E-state index in [1.807, 2.05) is 30.3 Å². The fourth-order valence-corrected chi connectivity index (χ4v) is 1.61. The van der Waals surface area contributed by atoms with Gasteiger partial charge in [0.2, 0.25) is 0 Å². The van der Waals surface area contributed by atoms with Crippen molar-refractivity contribution in [2.75, 3.05) is 6.54 Å². The maximum atomic E-state index is 12.9. The molecule has 1 aromatic carbocycles. The molecule has 2 rings (SSSR count). The number of nitrogens with zero attached hydrogens (tertiary/aromatic N) is 1. The van der Waals surface area contributed by atoms with E-state index in [-0.39, 0.29) is 19.0 Å². The van der Waals surface area contributed by atoms with E-state index in [0.29, 0.717) is 5.69 Å². The highest BCUT2D eigenvalue weighted by molar-refractivity contribution is 5.67. The molecule has 0 aliphatic carbocycles. The summed E-state index contributed by atoms with van der Waals surface area (Å²) in [5.41, 5.74) is 1.42. The summed E-state index contributed by atoms with van der Waals surface area (Å²) in [5, 5.41) is 2.57. The molecular formula is C16H15FN2O2. The molecule has 0 atom stereocenters. The van der Waals surface area contributed by atoms with Crippen LogP contribution in [0.3, 0.4) is 0 Å². The number of hydrogen-bond acceptors (Lipinski definition) is 3. The van der Waals surface area contributed by atoms with E-state index < -0.39 is 6.09 Å². The zero-order valence-electron chi connectivity index (χ0n) is 11.3. The molecule has 0 fully saturated rings. The van der Waals surface area contributed by atoms with E-state index in [4.69, 9.17) is 4.74 Å². The monoisotopic (exact) mass is 286 g/mol. The molecule has 21 heavy (non-hydrogen) atoms. The number of nitrogens with one attached hydrogen (secondary N) is 1. The maximum absolute atomic E-state index is 12.9. The molecule has 0 saturated carbocycles. The number of aromatic nitrogens is 1. The predicted octanol–water partition coefficient (Wildman–Crippen LogP) is 3.16. The van der Waals surface area contributed by atoms with Crippen LogP contribution >= 0.6 is 0 Å². The summed E-state index contributed by atoms with van der Waals surface area (Å²) in [5.74, 6) is -0.347. The molecule has 1 heterocycles. The van der Waals surface area contributed by atoms with Crippen LogP contribution in [0.25, 0.3) is 6.08 Å². The molecule has 0 bridgehead atoms. The molecule has 0 radical (unpaired) electrons. The summed E-state index contributed by atoms with van der Waals surface area (Å²) in [6.07, 6.45) is 4.18. The minimum Gasteiger partial charge on any atom is -0.445 e. The van der Waals surface area contributed by atoms with Crippen molar-refractivity contribution in [1.29, 1.82) is 0 Å². The van der Waals surface area contributed by atoms with Gasteiger partial charge in [-0.15, -0.1) is 0 Å². The number of alkyl carbamates (subject to hydrolysis) is 1. The van der Waals surface area contributed by atoms with Crippen molar-refractivity contribution in [2.24, 2.45) is 0 Å². The highest BCUT2D eigenvalue weighted by Gasteiger charge is 2.00. The third-order valence-electron chi connectivity index (χ3n) is 2.61. The van der Waals surface area contributed by atoms with Gasteiger partial charge in [0.1, 0.15) is 12.4 Å². The predicted molar refractivity (Wildman–Crippen MR) is 77.9 cm³/mol. The first-order valence-electron chi connectivity index (χ1n) is 6.47. The van der Waals surface area contributed by atoms with E-state index in [1.165, 1.54) is 18.3 Å². The number of carbonyl (C=O) groups is 1. The van der Waals surface area contributed by atoms with Crippen molar-refractivity contribution in [1.82, 2.24) is 10.3 Å². The Hall–Kier alpha value is -2.69. The van der Waals surface area contributed by atoms with E-state index in [2.05, 4.69) is 10.3 Å². The molecule has 2 aromatic rings. The van der Waals surface area contributed by atoms with E-state index in [1.54, 1.807) is 12.2 Å². The van der Waals surface area contributed by atoms with E-state index >= 15 is 0 Å². The molecule has 5 heteroatoms. The second-order valence-electron chi connectivity index (χ2n) is 4.24. The third kappa shape index (κ3) is 5.44. The molecule has 0 aliphatic rings. The summed E-state index contributed by atoms with van der Waals surface area (Å²) in [4.78, 5) is 15.4. The van der Waals surface area contributed by atoms with Gasteiger partial charge in [0.05, 0.1) is 5.69 Å². The van der Waals surface area contributed by atoms with Crippen molar-refractivity contribution < 1.29 is 13.9 Å². The van der Waals surface area contributed by atoms with Gasteiger partial charge >= 0.3 is 6.09 Å². The van der Waals surface area contributed by atoms with Crippen LogP contribution in [-0.4, -0.2) is 17.6 Å². The summed E-state index contributed by atoms with van der Waals surface area (Å²) in [6.45, 7) is 0.508. The Labute approximate surface area is 122 Å². The fourth-order valence-electron chi connectivity index (χ4n) is 1.61. The fraction of sp³-hybridized carbons (Fsp3) is 0.125. The standard InChI is InChI=1S/C16H15FN2O2/c17-14-8-10-18-15(11-14)7-4-9-19-16(20)21-12-13-5-2-1-3-6-13/h1-8,10-11H,9,12H2,(H,19,20). The topological polar surface area (TPSA) is 51.2 Å². The lowest BCUT2D eigenvalue weighted by Gasteiger charge is -2.05. The Bertz CT molecular complexity index is 615. The first kappa shape index (κ1) is 14.7. The second-order valence-corrected chi connectivity index (χ2v) is 4.24. The number of hydrogen-bond donors (Lipinski definition) is 1. The lowest BCUT2D eigenvalue weighted by Crippen LogP contribution is -2.24. The number of rotatable bonds is 5. The van der Waals surface area contributed by atoms with Gasteiger partial charge in [0.15, 0.2) is 0 Å². The molecule has 0 spiro atoms. The summed E-state index contributed by atoms with van der Waals surface area (Å²) >= 11 is 0. The highest BCUT2D eigenvalue weighted by atomic mass is 19.1. The number of pyridine rings is 1. The van der Waals surface area contributed by atoms with Crippen molar-refractivity contribution in [2.45, 2.75) is 6.61 Å². The van der Waals surface area contributed by atoms with Crippen molar-refractivity contribution in [3.8, 4) is 0 Å². The molecule has 1 aromatic heterocycles. The summed E-state index contributed by atoms with van der Waals surface area (Å²) in [7, 11) is 0. The quantitative estimate of drug-likeness (QED) is 0.918. The van der Waals surface area contributed by atoms with Gasteiger partial charge in [-0.3, -0.25) is 4.98 Å². The van der Waals surface area contributed by atoms with Crippen LogP contribution in [0.2, 0.25) is 0 Å². The van der Waals surface area contributed by atoms with Gasteiger partial charge in [-0.05, 0) is 23.8 Å². The van der Waals surface area contributed by atoms with Gasteiger partial charge in [0.25, 0.3) is 0 Å². The molecule has 0 aliphatic heterocycles. The molecule has 4 nitrogen and oxygen atoms in total. The minimum atomic E-state index is -0.504. The van der Waals surface area contributed by atoms with Gasteiger partial charge in [-0.2, -0.15) is 0 Å². The van der Waals surface area contributed by atoms with Crippen LogP contribution in [0, 0.1) is 5.82 Å². The van der Waals surface area contributed by atoms with Crippen molar-refractivity contribution in [3.63, 3.8) is 0 Å². The molecule has 1 amide bonds. The smallest absolute Gasteiger partial charge is 0.407 e. The Morgan fingerprint density at radius 1 is 1.29 bits per heavy atom.